The Hall–Kier alpha value is -0.0800. The molecule has 0 bridgehead atoms. The first-order valence-electron chi connectivity index (χ1n) is 6.48. The van der Waals surface area contributed by atoms with E-state index in [4.69, 9.17) is 4.74 Å². The molecule has 1 atom stereocenters. The zero-order valence-corrected chi connectivity index (χ0v) is 10.2. The van der Waals surface area contributed by atoms with Gasteiger partial charge in [-0.25, -0.2) is 0 Å². The predicted molar refractivity (Wildman–Crippen MR) is 63.0 cm³/mol. The van der Waals surface area contributed by atoms with Crippen molar-refractivity contribution in [1.82, 2.24) is 5.32 Å². The molecule has 15 heavy (non-hydrogen) atoms. The van der Waals surface area contributed by atoms with E-state index in [2.05, 4.69) is 19.2 Å². The highest BCUT2D eigenvalue weighted by Crippen LogP contribution is 2.36. The van der Waals surface area contributed by atoms with Crippen LogP contribution in [-0.4, -0.2) is 25.8 Å². The number of hydrogen-bond acceptors (Lipinski definition) is 2. The molecule has 1 aliphatic carbocycles. The summed E-state index contributed by atoms with van der Waals surface area (Å²) in [5.74, 6) is 0.778. The Morgan fingerprint density at radius 1 is 1.20 bits per heavy atom. The summed E-state index contributed by atoms with van der Waals surface area (Å²) in [4.78, 5) is 0. The van der Waals surface area contributed by atoms with Gasteiger partial charge in [0.1, 0.15) is 0 Å². The molecule has 0 radical (unpaired) electrons. The molecular formula is C13H25NO. The van der Waals surface area contributed by atoms with Crippen LogP contribution in [0.3, 0.4) is 0 Å². The number of rotatable bonds is 3. The summed E-state index contributed by atoms with van der Waals surface area (Å²) in [7, 11) is 0. The van der Waals surface area contributed by atoms with Gasteiger partial charge in [0.25, 0.3) is 0 Å². The van der Waals surface area contributed by atoms with Gasteiger partial charge in [0, 0.05) is 6.54 Å². The summed E-state index contributed by atoms with van der Waals surface area (Å²) in [6, 6.07) is 0. The van der Waals surface area contributed by atoms with E-state index < -0.39 is 0 Å². The average molecular weight is 211 g/mol. The fraction of sp³-hybridized carbons (Fsp3) is 1.00. The normalized spacial score (nSPS) is 32.0. The van der Waals surface area contributed by atoms with Crippen molar-refractivity contribution in [2.24, 2.45) is 11.3 Å². The molecule has 2 heteroatoms. The maximum absolute atomic E-state index is 6.02. The molecule has 2 rings (SSSR count). The molecule has 1 aliphatic heterocycles. The number of hydrogen-bond donors (Lipinski definition) is 1. The second-order valence-electron chi connectivity index (χ2n) is 6.06. The topological polar surface area (TPSA) is 21.3 Å². The van der Waals surface area contributed by atoms with Crippen LogP contribution in [0, 0.1) is 11.3 Å². The molecule has 1 saturated heterocycles. The Balaban J connectivity index is 1.64. The smallest absolute Gasteiger partial charge is 0.0575 e. The highest BCUT2D eigenvalue weighted by molar-refractivity contribution is 4.79. The van der Waals surface area contributed by atoms with E-state index in [-0.39, 0.29) is 0 Å². The molecule has 0 aromatic heterocycles. The van der Waals surface area contributed by atoms with Crippen LogP contribution < -0.4 is 5.32 Å². The summed E-state index contributed by atoms with van der Waals surface area (Å²) < 4.78 is 6.02. The largest absolute Gasteiger partial charge is 0.378 e. The molecule has 0 aromatic rings. The van der Waals surface area contributed by atoms with E-state index in [0.29, 0.717) is 11.5 Å². The third kappa shape index (κ3) is 3.46. The lowest BCUT2D eigenvalue weighted by Crippen LogP contribution is -2.28. The van der Waals surface area contributed by atoms with Crippen LogP contribution in [-0.2, 0) is 4.74 Å². The summed E-state index contributed by atoms with van der Waals surface area (Å²) in [6.07, 6.45) is 7.07. The van der Waals surface area contributed by atoms with Gasteiger partial charge < -0.3 is 10.1 Å². The molecule has 0 aromatic carbocycles. The van der Waals surface area contributed by atoms with Crippen molar-refractivity contribution < 1.29 is 4.74 Å². The van der Waals surface area contributed by atoms with Gasteiger partial charge in [-0.05, 0) is 50.0 Å². The fourth-order valence-corrected chi connectivity index (χ4v) is 2.67. The fourth-order valence-electron chi connectivity index (χ4n) is 2.67. The van der Waals surface area contributed by atoms with E-state index >= 15 is 0 Å². The van der Waals surface area contributed by atoms with Crippen molar-refractivity contribution in [2.75, 3.05) is 19.7 Å². The first-order valence-corrected chi connectivity index (χ1v) is 6.48. The van der Waals surface area contributed by atoms with Crippen molar-refractivity contribution >= 4 is 0 Å². The lowest BCUT2D eigenvalue weighted by Gasteiger charge is -2.34. The number of ether oxygens (including phenoxy) is 1. The summed E-state index contributed by atoms with van der Waals surface area (Å²) in [6.45, 7) is 8.09. The van der Waals surface area contributed by atoms with Gasteiger partial charge in [0.2, 0.25) is 0 Å². The minimum absolute atomic E-state index is 0.554. The van der Waals surface area contributed by atoms with E-state index in [1.807, 2.05) is 0 Å². The van der Waals surface area contributed by atoms with E-state index in [0.717, 1.165) is 19.1 Å². The Morgan fingerprint density at radius 2 is 1.93 bits per heavy atom. The molecule has 2 aliphatic rings. The van der Waals surface area contributed by atoms with Crippen LogP contribution in [0.1, 0.15) is 46.0 Å². The molecule has 1 heterocycles. The van der Waals surface area contributed by atoms with Crippen LogP contribution >= 0.6 is 0 Å². The van der Waals surface area contributed by atoms with Crippen molar-refractivity contribution in [3.8, 4) is 0 Å². The minimum atomic E-state index is 0.554. The molecule has 0 amide bonds. The third-order valence-corrected chi connectivity index (χ3v) is 4.02. The lowest BCUT2D eigenvalue weighted by molar-refractivity contribution is -0.00952. The third-order valence-electron chi connectivity index (χ3n) is 4.02. The van der Waals surface area contributed by atoms with Crippen LogP contribution in [0.2, 0.25) is 0 Å². The van der Waals surface area contributed by atoms with Crippen LogP contribution in [0.15, 0.2) is 0 Å². The van der Waals surface area contributed by atoms with Gasteiger partial charge in [-0.15, -0.1) is 0 Å². The maximum atomic E-state index is 6.02. The molecule has 0 spiro atoms. The highest BCUT2D eigenvalue weighted by atomic mass is 16.5. The highest BCUT2D eigenvalue weighted by Gasteiger charge is 2.27. The van der Waals surface area contributed by atoms with Gasteiger partial charge in [-0.3, -0.25) is 0 Å². The zero-order chi connectivity index (χ0) is 10.7. The lowest BCUT2D eigenvalue weighted by atomic mass is 9.76. The summed E-state index contributed by atoms with van der Waals surface area (Å²) in [5.41, 5.74) is 0.564. The van der Waals surface area contributed by atoms with Crippen molar-refractivity contribution in [1.29, 1.82) is 0 Å². The molecule has 1 unspecified atom stereocenters. The summed E-state index contributed by atoms with van der Waals surface area (Å²) in [5, 5.41) is 3.39. The Labute approximate surface area is 93.8 Å². The molecule has 2 fully saturated rings. The van der Waals surface area contributed by atoms with Gasteiger partial charge in [-0.2, -0.15) is 0 Å². The van der Waals surface area contributed by atoms with Crippen LogP contribution in [0.5, 0.6) is 0 Å². The zero-order valence-electron chi connectivity index (χ0n) is 10.2. The van der Waals surface area contributed by atoms with Gasteiger partial charge in [0.05, 0.1) is 12.7 Å². The van der Waals surface area contributed by atoms with Gasteiger partial charge in [0.15, 0.2) is 0 Å². The van der Waals surface area contributed by atoms with Crippen molar-refractivity contribution in [2.45, 2.75) is 52.1 Å². The van der Waals surface area contributed by atoms with Gasteiger partial charge >= 0.3 is 0 Å². The molecule has 2 nitrogen and oxygen atoms in total. The maximum Gasteiger partial charge on any atom is 0.0575 e. The van der Waals surface area contributed by atoms with E-state index in [9.17, 15) is 0 Å². The molecule has 1 saturated carbocycles. The van der Waals surface area contributed by atoms with Gasteiger partial charge in [-0.1, -0.05) is 13.8 Å². The number of nitrogens with one attached hydrogen (secondary N) is 1. The van der Waals surface area contributed by atoms with Crippen LogP contribution in [0.25, 0.3) is 0 Å². The molecule has 88 valence electrons. The Kier molecular flexibility index (Phi) is 3.68. The SMILES string of the molecule is CC1(C)CCC(OCC2CCNC2)CC1. The van der Waals surface area contributed by atoms with Crippen molar-refractivity contribution in [3.05, 3.63) is 0 Å². The first kappa shape index (κ1) is 11.4. The standard InChI is InChI=1S/C13H25NO/c1-13(2)6-3-12(4-7-13)15-10-11-5-8-14-9-11/h11-12,14H,3-10H2,1-2H3. The second-order valence-corrected chi connectivity index (χ2v) is 6.06. The Bertz CT molecular complexity index is 187. The predicted octanol–water partition coefficient (Wildman–Crippen LogP) is 2.58. The quantitative estimate of drug-likeness (QED) is 0.774. The molecule has 1 N–H and O–H groups in total. The monoisotopic (exact) mass is 211 g/mol. The average Bonchev–Trinajstić information content (AvgIpc) is 2.69. The molecular weight excluding hydrogens is 186 g/mol. The Morgan fingerprint density at radius 3 is 2.53 bits per heavy atom. The minimum Gasteiger partial charge on any atom is -0.378 e. The van der Waals surface area contributed by atoms with E-state index in [1.165, 1.54) is 38.6 Å². The first-order chi connectivity index (χ1) is 7.16. The summed E-state index contributed by atoms with van der Waals surface area (Å²) >= 11 is 0. The van der Waals surface area contributed by atoms with Crippen LogP contribution in [0.4, 0.5) is 0 Å². The van der Waals surface area contributed by atoms with E-state index in [1.54, 1.807) is 0 Å². The van der Waals surface area contributed by atoms with Crippen molar-refractivity contribution in [3.63, 3.8) is 0 Å². The second kappa shape index (κ2) is 4.84.